The van der Waals surface area contributed by atoms with Crippen LogP contribution in [0.4, 0.5) is 11.5 Å². The van der Waals surface area contributed by atoms with Crippen molar-refractivity contribution in [1.29, 1.82) is 0 Å². The number of halogens is 1. The normalized spacial score (nSPS) is 19.9. The predicted octanol–water partition coefficient (Wildman–Crippen LogP) is 0.711. The van der Waals surface area contributed by atoms with Crippen LogP contribution in [-0.4, -0.2) is 28.5 Å². The summed E-state index contributed by atoms with van der Waals surface area (Å²) in [6.07, 6.45) is 1.69. The largest absolute Gasteiger partial charge is 0.394 e. The summed E-state index contributed by atoms with van der Waals surface area (Å²) in [5.41, 5.74) is 6.86. The molecule has 0 spiro atoms. The number of carbonyl (C=O) groups is 1. The molecule has 1 saturated heterocycles. The molecule has 1 aromatic rings. The molecule has 1 aromatic heterocycles. The van der Waals surface area contributed by atoms with E-state index in [1.165, 1.54) is 0 Å². The van der Waals surface area contributed by atoms with Crippen molar-refractivity contribution in [2.45, 2.75) is 25.8 Å². The van der Waals surface area contributed by atoms with Crippen molar-refractivity contribution in [2.24, 2.45) is 0 Å². The average molecular weight is 256 g/mol. The number of nitrogen functional groups attached to an aromatic ring is 1. The zero-order valence-corrected chi connectivity index (χ0v) is 10.2. The molecule has 1 unspecified atom stereocenters. The SMILES string of the molecule is Cc1nc(Cl)nc(NC2CCCNC2=O)c1N. The number of aromatic nitrogens is 2. The van der Waals surface area contributed by atoms with E-state index < -0.39 is 0 Å². The Hall–Kier alpha value is -1.56. The molecule has 1 aliphatic heterocycles. The Labute approximate surface area is 104 Å². The van der Waals surface area contributed by atoms with Crippen molar-refractivity contribution in [1.82, 2.24) is 15.3 Å². The van der Waals surface area contributed by atoms with Crippen molar-refractivity contribution in [2.75, 3.05) is 17.6 Å². The molecule has 17 heavy (non-hydrogen) atoms. The number of amides is 1. The van der Waals surface area contributed by atoms with Crippen LogP contribution in [0.15, 0.2) is 0 Å². The zero-order chi connectivity index (χ0) is 12.4. The molecule has 0 bridgehead atoms. The molecule has 1 atom stereocenters. The Balaban J connectivity index is 2.20. The maximum Gasteiger partial charge on any atom is 0.242 e. The summed E-state index contributed by atoms with van der Waals surface area (Å²) < 4.78 is 0. The molecule has 0 saturated carbocycles. The average Bonchev–Trinajstić information content (AvgIpc) is 2.28. The first kappa shape index (κ1) is 11.9. The summed E-state index contributed by atoms with van der Waals surface area (Å²) in [5, 5.41) is 5.91. The summed E-state index contributed by atoms with van der Waals surface area (Å²) in [6, 6.07) is -0.309. The third-order valence-corrected chi connectivity index (χ3v) is 2.87. The molecular formula is C10H14ClN5O. The fourth-order valence-electron chi connectivity index (χ4n) is 1.73. The lowest BCUT2D eigenvalue weighted by molar-refractivity contribution is -0.123. The summed E-state index contributed by atoms with van der Waals surface area (Å²) >= 11 is 5.76. The maximum atomic E-state index is 11.6. The second kappa shape index (κ2) is 4.75. The monoisotopic (exact) mass is 255 g/mol. The van der Waals surface area contributed by atoms with Crippen molar-refractivity contribution in [3.05, 3.63) is 11.0 Å². The van der Waals surface area contributed by atoms with E-state index in [1.54, 1.807) is 6.92 Å². The number of nitrogens with two attached hydrogens (primary N) is 1. The Bertz CT molecular complexity index is 451. The van der Waals surface area contributed by atoms with Crippen molar-refractivity contribution >= 4 is 29.0 Å². The van der Waals surface area contributed by atoms with Crippen LogP contribution in [0.5, 0.6) is 0 Å². The van der Waals surface area contributed by atoms with Crippen LogP contribution in [0.1, 0.15) is 18.5 Å². The number of anilines is 2. The van der Waals surface area contributed by atoms with Gasteiger partial charge in [0, 0.05) is 6.54 Å². The van der Waals surface area contributed by atoms with E-state index in [-0.39, 0.29) is 17.2 Å². The molecule has 4 N–H and O–H groups in total. The molecule has 1 amide bonds. The van der Waals surface area contributed by atoms with Crippen LogP contribution in [0.3, 0.4) is 0 Å². The molecule has 92 valence electrons. The fourth-order valence-corrected chi connectivity index (χ4v) is 1.94. The van der Waals surface area contributed by atoms with Gasteiger partial charge in [-0.2, -0.15) is 4.98 Å². The summed E-state index contributed by atoms with van der Waals surface area (Å²) in [6.45, 7) is 2.46. The molecule has 7 heteroatoms. The molecule has 6 nitrogen and oxygen atoms in total. The number of carbonyl (C=O) groups excluding carboxylic acids is 1. The fraction of sp³-hybridized carbons (Fsp3) is 0.500. The van der Waals surface area contributed by atoms with Gasteiger partial charge in [-0.1, -0.05) is 0 Å². The van der Waals surface area contributed by atoms with Gasteiger partial charge in [0.1, 0.15) is 6.04 Å². The van der Waals surface area contributed by atoms with Gasteiger partial charge < -0.3 is 16.4 Å². The predicted molar refractivity (Wildman–Crippen MR) is 65.8 cm³/mol. The minimum Gasteiger partial charge on any atom is -0.394 e. The van der Waals surface area contributed by atoms with Gasteiger partial charge in [-0.05, 0) is 31.4 Å². The third-order valence-electron chi connectivity index (χ3n) is 2.71. The minimum absolute atomic E-state index is 0.0389. The van der Waals surface area contributed by atoms with Gasteiger partial charge in [0.2, 0.25) is 11.2 Å². The number of aryl methyl sites for hydroxylation is 1. The first-order chi connectivity index (χ1) is 8.08. The standard InChI is InChI=1S/C10H14ClN5O/c1-5-7(12)8(16-10(11)14-5)15-6-3-2-4-13-9(6)17/h6H,2-4,12H2,1H3,(H,13,17)(H,14,15,16). The minimum atomic E-state index is -0.309. The van der Waals surface area contributed by atoms with E-state index in [9.17, 15) is 4.79 Å². The highest BCUT2D eigenvalue weighted by molar-refractivity contribution is 6.28. The second-order valence-corrected chi connectivity index (χ2v) is 4.31. The highest BCUT2D eigenvalue weighted by Crippen LogP contribution is 2.22. The number of piperidine rings is 1. The molecular weight excluding hydrogens is 242 g/mol. The molecule has 0 aromatic carbocycles. The van der Waals surface area contributed by atoms with Crippen LogP contribution in [0.2, 0.25) is 5.28 Å². The van der Waals surface area contributed by atoms with Crippen LogP contribution in [0, 0.1) is 6.92 Å². The van der Waals surface area contributed by atoms with Gasteiger partial charge in [-0.15, -0.1) is 0 Å². The number of rotatable bonds is 2. The zero-order valence-electron chi connectivity index (χ0n) is 9.46. The van der Waals surface area contributed by atoms with E-state index in [1.807, 2.05) is 0 Å². The number of nitrogens with one attached hydrogen (secondary N) is 2. The van der Waals surface area contributed by atoms with Gasteiger partial charge >= 0.3 is 0 Å². The molecule has 1 fully saturated rings. The molecule has 0 aliphatic carbocycles. The molecule has 2 heterocycles. The first-order valence-corrected chi connectivity index (χ1v) is 5.79. The highest BCUT2D eigenvalue weighted by Gasteiger charge is 2.23. The summed E-state index contributed by atoms with van der Waals surface area (Å²) in [4.78, 5) is 19.5. The van der Waals surface area contributed by atoms with E-state index >= 15 is 0 Å². The van der Waals surface area contributed by atoms with Crippen molar-refractivity contribution in [3.8, 4) is 0 Å². The Kier molecular flexibility index (Phi) is 3.33. The van der Waals surface area contributed by atoms with Gasteiger partial charge in [-0.25, -0.2) is 4.98 Å². The van der Waals surface area contributed by atoms with Crippen molar-refractivity contribution in [3.63, 3.8) is 0 Å². The lowest BCUT2D eigenvalue weighted by atomic mass is 10.1. The quantitative estimate of drug-likeness (QED) is 0.677. The van der Waals surface area contributed by atoms with Gasteiger partial charge in [0.15, 0.2) is 5.82 Å². The van der Waals surface area contributed by atoms with Crippen LogP contribution in [0.25, 0.3) is 0 Å². The van der Waals surface area contributed by atoms with Crippen molar-refractivity contribution < 1.29 is 4.79 Å². The number of hydrogen-bond donors (Lipinski definition) is 3. The van der Waals surface area contributed by atoms with E-state index in [4.69, 9.17) is 17.3 Å². The molecule has 2 rings (SSSR count). The van der Waals surface area contributed by atoms with Crippen LogP contribution in [-0.2, 0) is 4.79 Å². The van der Waals surface area contributed by atoms with Gasteiger partial charge in [0.25, 0.3) is 0 Å². The number of hydrogen-bond acceptors (Lipinski definition) is 5. The summed E-state index contributed by atoms with van der Waals surface area (Å²) in [5.74, 6) is 0.382. The van der Waals surface area contributed by atoms with Gasteiger partial charge in [0.05, 0.1) is 11.4 Å². The second-order valence-electron chi connectivity index (χ2n) is 3.97. The van der Waals surface area contributed by atoms with E-state index in [0.29, 0.717) is 17.2 Å². The lowest BCUT2D eigenvalue weighted by Gasteiger charge is -2.23. The van der Waals surface area contributed by atoms with Gasteiger partial charge in [-0.3, -0.25) is 4.79 Å². The first-order valence-electron chi connectivity index (χ1n) is 5.42. The highest BCUT2D eigenvalue weighted by atomic mass is 35.5. The lowest BCUT2D eigenvalue weighted by Crippen LogP contribution is -2.44. The Morgan fingerprint density at radius 3 is 3.00 bits per heavy atom. The van der Waals surface area contributed by atoms with Crippen LogP contribution < -0.4 is 16.4 Å². The molecule has 1 aliphatic rings. The van der Waals surface area contributed by atoms with Crippen LogP contribution >= 0.6 is 11.6 Å². The molecule has 0 radical (unpaired) electrons. The topological polar surface area (TPSA) is 92.9 Å². The maximum absolute atomic E-state index is 11.6. The third kappa shape index (κ3) is 2.58. The Morgan fingerprint density at radius 2 is 2.29 bits per heavy atom. The van der Waals surface area contributed by atoms with E-state index in [2.05, 4.69) is 20.6 Å². The Morgan fingerprint density at radius 1 is 1.53 bits per heavy atom. The summed E-state index contributed by atoms with van der Waals surface area (Å²) in [7, 11) is 0. The van der Waals surface area contributed by atoms with E-state index in [0.717, 1.165) is 19.4 Å². The smallest absolute Gasteiger partial charge is 0.242 e. The number of nitrogens with zero attached hydrogens (tertiary/aromatic N) is 2.